The van der Waals surface area contributed by atoms with E-state index in [2.05, 4.69) is 9.97 Å². The highest BCUT2D eigenvalue weighted by molar-refractivity contribution is 6.56. The molecular weight excluding hydrogens is 214 g/mol. The number of aromatic amines is 1. The molecule has 0 fully saturated rings. The molecule has 0 bridgehead atoms. The summed E-state index contributed by atoms with van der Waals surface area (Å²) in [4.78, 5) is 35.3. The molecule has 0 aliphatic rings. The highest BCUT2D eigenvalue weighted by atomic mass is 28.4. The van der Waals surface area contributed by atoms with E-state index in [9.17, 15) is 0 Å². The van der Waals surface area contributed by atoms with Gasteiger partial charge in [-0.3, -0.25) is 0 Å². The van der Waals surface area contributed by atoms with Gasteiger partial charge < -0.3 is 24.3 Å². The quantitative estimate of drug-likeness (QED) is 0.479. The van der Waals surface area contributed by atoms with Crippen molar-refractivity contribution in [3.63, 3.8) is 0 Å². The minimum absolute atomic E-state index is 0.0836. The fourth-order valence-electron chi connectivity index (χ4n) is 1.33. The van der Waals surface area contributed by atoms with Gasteiger partial charge in [0.05, 0.1) is 6.33 Å². The molecule has 86 valence electrons. The van der Waals surface area contributed by atoms with E-state index in [0.717, 1.165) is 12.2 Å². The normalized spacial score (nSPS) is 12.3. The molecule has 0 unspecified atom stereocenters. The van der Waals surface area contributed by atoms with E-state index in [1.807, 2.05) is 11.9 Å². The molecule has 0 amide bonds. The molecule has 15 heavy (non-hydrogen) atoms. The third-order valence-corrected chi connectivity index (χ3v) is 3.07. The lowest BCUT2D eigenvalue weighted by atomic mass is 10.4. The van der Waals surface area contributed by atoms with E-state index in [1.165, 1.54) is 0 Å². The van der Waals surface area contributed by atoms with Gasteiger partial charge in [0.1, 0.15) is 0 Å². The van der Waals surface area contributed by atoms with Crippen LogP contribution in [0.2, 0.25) is 6.04 Å². The molecule has 0 saturated heterocycles. The zero-order valence-electron chi connectivity index (χ0n) is 8.72. The molecule has 0 radical (unpaired) electrons. The van der Waals surface area contributed by atoms with Gasteiger partial charge in [-0.15, -0.1) is 0 Å². The average molecular weight is 231 g/mol. The Kier molecular flexibility index (Phi) is 4.42. The van der Waals surface area contributed by atoms with E-state index in [0.29, 0.717) is 13.0 Å². The average Bonchev–Trinajstić information content (AvgIpc) is 2.54. The molecule has 0 aromatic carbocycles. The zero-order valence-corrected chi connectivity index (χ0v) is 9.72. The molecule has 1 rings (SSSR count). The SMILES string of the molecule is CN(CCC[Si](O)(O)O)Cc1cnc[nH]1. The van der Waals surface area contributed by atoms with E-state index in [1.54, 1.807) is 12.5 Å². The minimum atomic E-state index is -3.85. The minimum Gasteiger partial charge on any atom is -0.390 e. The summed E-state index contributed by atoms with van der Waals surface area (Å²) in [5.41, 5.74) is 1.01. The van der Waals surface area contributed by atoms with Gasteiger partial charge in [-0.05, 0) is 20.0 Å². The van der Waals surface area contributed by atoms with Crippen molar-refractivity contribution in [3.8, 4) is 0 Å². The topological polar surface area (TPSA) is 92.6 Å². The first-order chi connectivity index (χ1) is 6.97. The molecule has 7 heteroatoms. The van der Waals surface area contributed by atoms with Crippen LogP contribution in [-0.2, 0) is 6.54 Å². The van der Waals surface area contributed by atoms with Gasteiger partial charge in [-0.1, -0.05) is 0 Å². The summed E-state index contributed by atoms with van der Waals surface area (Å²) >= 11 is 0. The Hall–Kier alpha value is -0.733. The fourth-order valence-corrected chi connectivity index (χ4v) is 1.96. The third kappa shape index (κ3) is 5.65. The second-order valence-electron chi connectivity index (χ2n) is 3.69. The first-order valence-corrected chi connectivity index (χ1v) is 6.85. The van der Waals surface area contributed by atoms with Crippen LogP contribution in [-0.4, -0.2) is 51.7 Å². The van der Waals surface area contributed by atoms with Gasteiger partial charge in [-0.25, -0.2) is 4.98 Å². The molecule has 4 N–H and O–H groups in total. The Bertz CT molecular complexity index is 273. The van der Waals surface area contributed by atoms with Crippen molar-refractivity contribution in [2.24, 2.45) is 0 Å². The van der Waals surface area contributed by atoms with E-state index in [4.69, 9.17) is 14.4 Å². The Balaban J connectivity index is 2.17. The monoisotopic (exact) mass is 231 g/mol. The summed E-state index contributed by atoms with van der Waals surface area (Å²) in [5.74, 6) is 0. The summed E-state index contributed by atoms with van der Waals surface area (Å²) in [6.07, 6.45) is 3.94. The Labute approximate surface area is 89.6 Å². The van der Waals surface area contributed by atoms with Gasteiger partial charge in [-0.2, -0.15) is 0 Å². The van der Waals surface area contributed by atoms with Gasteiger partial charge in [0, 0.05) is 24.5 Å². The Morgan fingerprint density at radius 1 is 1.47 bits per heavy atom. The number of hydrogen-bond acceptors (Lipinski definition) is 5. The molecule has 0 atom stereocenters. The van der Waals surface area contributed by atoms with Gasteiger partial charge in [0.2, 0.25) is 0 Å². The number of rotatable bonds is 6. The molecule has 0 saturated carbocycles. The largest absolute Gasteiger partial charge is 0.492 e. The Morgan fingerprint density at radius 2 is 2.20 bits per heavy atom. The number of nitrogens with one attached hydrogen (secondary N) is 1. The van der Waals surface area contributed by atoms with E-state index >= 15 is 0 Å². The van der Waals surface area contributed by atoms with Crippen molar-refractivity contribution < 1.29 is 14.4 Å². The molecule has 1 heterocycles. The van der Waals surface area contributed by atoms with Crippen LogP contribution in [0.3, 0.4) is 0 Å². The van der Waals surface area contributed by atoms with Crippen molar-refractivity contribution in [3.05, 3.63) is 18.2 Å². The number of H-pyrrole nitrogens is 1. The maximum atomic E-state index is 8.80. The Morgan fingerprint density at radius 3 is 2.73 bits per heavy atom. The van der Waals surface area contributed by atoms with Gasteiger partial charge in [0.15, 0.2) is 0 Å². The van der Waals surface area contributed by atoms with Crippen molar-refractivity contribution in [1.82, 2.24) is 14.9 Å². The highest BCUT2D eigenvalue weighted by Crippen LogP contribution is 2.04. The van der Waals surface area contributed by atoms with Crippen LogP contribution in [0.15, 0.2) is 12.5 Å². The predicted octanol–water partition coefficient (Wildman–Crippen LogP) is -0.853. The summed E-state index contributed by atoms with van der Waals surface area (Å²) in [7, 11) is -1.92. The number of imidazole rings is 1. The molecule has 0 spiro atoms. The summed E-state index contributed by atoms with van der Waals surface area (Å²) in [6.45, 7) is 1.44. The van der Waals surface area contributed by atoms with Crippen LogP contribution in [0.5, 0.6) is 0 Å². The number of hydrogen-bond donors (Lipinski definition) is 4. The summed E-state index contributed by atoms with van der Waals surface area (Å²) < 4.78 is 0. The number of nitrogens with zero attached hydrogens (tertiary/aromatic N) is 2. The van der Waals surface area contributed by atoms with Crippen LogP contribution in [0, 0.1) is 0 Å². The standard InChI is InChI=1S/C8H17N3O3Si/c1-11(3-2-4-15(12,13)14)6-8-5-9-7-10-8/h5,7,12-14H,2-4,6H2,1H3,(H,9,10). The van der Waals surface area contributed by atoms with Crippen LogP contribution in [0.4, 0.5) is 0 Å². The van der Waals surface area contributed by atoms with Crippen LogP contribution >= 0.6 is 0 Å². The van der Waals surface area contributed by atoms with Crippen LogP contribution in [0.1, 0.15) is 12.1 Å². The lowest BCUT2D eigenvalue weighted by molar-refractivity contribution is 0.221. The maximum absolute atomic E-state index is 8.80. The van der Waals surface area contributed by atoms with Gasteiger partial charge in [0.25, 0.3) is 0 Å². The lowest BCUT2D eigenvalue weighted by Crippen LogP contribution is -2.35. The van der Waals surface area contributed by atoms with Crippen LogP contribution < -0.4 is 0 Å². The molecule has 6 nitrogen and oxygen atoms in total. The lowest BCUT2D eigenvalue weighted by Gasteiger charge is -2.16. The first-order valence-electron chi connectivity index (χ1n) is 4.80. The maximum Gasteiger partial charge on any atom is 0.492 e. The highest BCUT2D eigenvalue weighted by Gasteiger charge is 2.25. The van der Waals surface area contributed by atoms with Crippen molar-refractivity contribution >= 4 is 8.80 Å². The number of aromatic nitrogens is 2. The molecule has 1 aromatic heterocycles. The molecular formula is C8H17N3O3Si. The molecule has 0 aliphatic carbocycles. The molecule has 0 aliphatic heterocycles. The van der Waals surface area contributed by atoms with E-state index in [-0.39, 0.29) is 6.04 Å². The van der Waals surface area contributed by atoms with E-state index < -0.39 is 8.80 Å². The predicted molar refractivity (Wildman–Crippen MR) is 56.8 cm³/mol. The van der Waals surface area contributed by atoms with Crippen molar-refractivity contribution in [2.45, 2.75) is 19.0 Å². The third-order valence-electron chi connectivity index (χ3n) is 2.05. The first kappa shape index (κ1) is 12.3. The zero-order chi connectivity index (χ0) is 11.3. The van der Waals surface area contributed by atoms with Crippen LogP contribution in [0.25, 0.3) is 0 Å². The van der Waals surface area contributed by atoms with Crippen molar-refractivity contribution in [2.75, 3.05) is 13.6 Å². The fraction of sp³-hybridized carbons (Fsp3) is 0.625. The second-order valence-corrected chi connectivity index (χ2v) is 5.74. The van der Waals surface area contributed by atoms with Gasteiger partial charge >= 0.3 is 8.80 Å². The summed E-state index contributed by atoms with van der Waals surface area (Å²) in [6, 6.07) is 0.0836. The molecule has 1 aromatic rings. The van der Waals surface area contributed by atoms with Crippen molar-refractivity contribution in [1.29, 1.82) is 0 Å². The second kappa shape index (κ2) is 5.38. The summed E-state index contributed by atoms with van der Waals surface area (Å²) in [5, 5.41) is 0. The smallest absolute Gasteiger partial charge is 0.390 e.